The molecule has 12 N–H and O–H groups in total. The van der Waals surface area contributed by atoms with Crippen LogP contribution in [0.25, 0.3) is 0 Å². The molecule has 0 fully saturated rings. The van der Waals surface area contributed by atoms with Crippen LogP contribution in [0.2, 0.25) is 10.0 Å². The van der Waals surface area contributed by atoms with Crippen molar-refractivity contribution in [3.8, 4) is 80.5 Å². The van der Waals surface area contributed by atoms with Gasteiger partial charge in [0.05, 0.1) is 14.2 Å². The maximum Gasteiger partial charge on any atom is 0.123 e. The number of halogens is 2. The van der Waals surface area contributed by atoms with Gasteiger partial charge in [-0.3, -0.25) is 0 Å². The molecule has 0 aliphatic rings. The number of methoxy groups -OCH3 is 2. The van der Waals surface area contributed by atoms with Gasteiger partial charge in [-0.25, -0.2) is 0 Å². The zero-order valence-electron chi connectivity index (χ0n) is 86.6. The molecule has 0 radical (unpaired) electrons. The molecule has 15 rings (SSSR count). The third kappa shape index (κ3) is 20.6. The molecule has 14 nitrogen and oxygen atoms in total. The van der Waals surface area contributed by atoms with Crippen LogP contribution in [0.15, 0.2) is 176 Å². The molecule has 1 unspecified atom stereocenters. The Hall–Kier alpha value is -13.9. The first-order valence-corrected chi connectivity index (χ1v) is 48.5. The lowest BCUT2D eigenvalue weighted by Gasteiger charge is -2.32. The Kier molecular flexibility index (Phi) is 30.7. The fraction of sp³-hybridized carbons (Fsp3) is 0.280. The smallest absolute Gasteiger partial charge is 0.123 e. The highest BCUT2D eigenvalue weighted by atomic mass is 35.5. The average molecular weight is 1930 g/mol. The van der Waals surface area contributed by atoms with Crippen molar-refractivity contribution in [2.45, 2.75) is 222 Å². The first kappa shape index (κ1) is 104. The first-order valence-electron chi connectivity index (χ1n) is 47.7. The molecule has 15 aromatic carbocycles. The van der Waals surface area contributed by atoms with E-state index in [2.05, 4.69) is 70.2 Å². The predicted molar refractivity (Wildman–Crippen MR) is 573 cm³/mol. The summed E-state index contributed by atoms with van der Waals surface area (Å²) in [5.74, 6) is 2.95. The standard InChI is InChI=1S/C43H48O4.C42H46O6.C40H40Cl2O4/c1-21-14-32(12-13-36(21)44)39(33-15-22(2)41(45)23(3)16-33)37-28(8)30(10)38(31(11)29(37)9)40(34-17-24(4)42(46)25(5)18-34)35-19-26(6)43(47)27(7)20-35;1-21-11-29(12-22(2)39(21)43)37(30-13-23(3)40(44)24(4)14-30)33-19-36(48-10)34(20-35(33)47-9)38(31-15-25(5)41(45)26(6)16-31)32-17-27(7)42(46)28(8)18-32;1-19-9-27(10-20(2)37(19)43)35(28-11-21(3)38(44)22(4)12-28)31-17-34(42)32(18-33(31)41)36(29-13-23(5)39(45)24(6)14-29)30-15-25(7)40(46)26(8)16-30/h12-20,39-40,44-47H,1-11H3;11-20,37-38,43-46H,1-10H3;9-18,35-36,43-46H,1-8H3. The summed E-state index contributed by atoms with van der Waals surface area (Å²) in [6, 6.07) is 58.0. The number of phenols is 12. The van der Waals surface area contributed by atoms with Crippen molar-refractivity contribution in [1.29, 1.82) is 0 Å². The van der Waals surface area contributed by atoms with E-state index >= 15 is 0 Å². The number of rotatable bonds is 20. The lowest BCUT2D eigenvalue weighted by molar-refractivity contribution is 0.393. The summed E-state index contributed by atoms with van der Waals surface area (Å²) >= 11 is 14.5. The van der Waals surface area contributed by atoms with Crippen LogP contribution in [-0.2, 0) is 0 Å². The Labute approximate surface area is 841 Å². The quantitative estimate of drug-likeness (QED) is 0.0317. The minimum atomic E-state index is -0.343. The van der Waals surface area contributed by atoms with Crippen molar-refractivity contribution >= 4 is 23.2 Å². The SMILES string of the molecule is COc1cc(C(c2cc(C)c(O)c(C)c2)c2cc(C)c(O)c(C)c2)c(OC)cc1C(c1cc(C)c(O)c(C)c1)c1cc(C)c(O)c(C)c1.Cc1cc(C(c2cc(C)c(O)c(C)c2)c2c(C)c(C)c(C(c3cc(C)c(O)c(C)c3)c3cc(C)c(O)c(C)c3)c(C)c2C)ccc1O.Cc1cc(C(c2cc(C)c(O)c(C)c2)c2cc(Cl)c(C(c3cc(C)c(O)c(C)c3)c3cc(C)c(O)c(C)c3)cc2Cl)cc(C)c1O. The Balaban J connectivity index is 0.000000178. The highest BCUT2D eigenvalue weighted by Gasteiger charge is 2.36. The zero-order chi connectivity index (χ0) is 104. The minimum Gasteiger partial charge on any atom is -0.508 e. The van der Waals surface area contributed by atoms with E-state index in [1.165, 1.54) is 33.4 Å². The largest absolute Gasteiger partial charge is 0.508 e. The number of aromatic hydroxyl groups is 12. The van der Waals surface area contributed by atoms with Crippen molar-refractivity contribution < 1.29 is 70.8 Å². The van der Waals surface area contributed by atoms with E-state index in [0.717, 1.165) is 217 Å². The summed E-state index contributed by atoms with van der Waals surface area (Å²) in [5, 5.41) is 129. The van der Waals surface area contributed by atoms with E-state index in [0.29, 0.717) is 38.8 Å². The highest BCUT2D eigenvalue weighted by molar-refractivity contribution is 6.34. The van der Waals surface area contributed by atoms with E-state index < -0.39 is 0 Å². The molecule has 0 aromatic heterocycles. The number of benzene rings is 15. The Bertz CT molecular complexity index is 6630. The molecule has 0 amide bonds. The molecule has 0 spiro atoms. The monoisotopic (exact) mass is 1930 g/mol. The lowest BCUT2D eigenvalue weighted by Crippen LogP contribution is -2.16. The molecule has 0 saturated heterocycles. The Morgan fingerprint density at radius 2 is 0.312 bits per heavy atom. The summed E-state index contributed by atoms with van der Waals surface area (Å²) in [7, 11) is 3.32. The molecule has 0 saturated carbocycles. The molecule has 0 heterocycles. The van der Waals surface area contributed by atoms with Gasteiger partial charge in [-0.1, -0.05) is 169 Å². The van der Waals surface area contributed by atoms with E-state index in [4.69, 9.17) is 32.7 Å². The number of hydrogen-bond acceptors (Lipinski definition) is 14. The maximum absolute atomic E-state index is 10.7. The van der Waals surface area contributed by atoms with Gasteiger partial charge in [0.2, 0.25) is 0 Å². The average Bonchev–Trinajstić information content (AvgIpc) is 0.731. The van der Waals surface area contributed by atoms with Crippen LogP contribution in [0.4, 0.5) is 0 Å². The van der Waals surface area contributed by atoms with E-state index in [9.17, 15) is 61.3 Å². The molecule has 732 valence electrons. The molecule has 0 aliphatic carbocycles. The molecule has 1 atom stereocenters. The third-order valence-corrected chi connectivity index (χ3v) is 29.8. The van der Waals surface area contributed by atoms with Crippen molar-refractivity contribution in [3.05, 3.63) is 436 Å². The Morgan fingerprint density at radius 3 is 0.468 bits per heavy atom. The van der Waals surface area contributed by atoms with Crippen LogP contribution >= 0.6 is 23.2 Å². The number of phenolic OH excluding ortho intramolecular Hbond substituents is 12. The molecular formula is C125H134Cl2O14. The lowest BCUT2D eigenvalue weighted by atomic mass is 9.72. The summed E-state index contributed by atoms with van der Waals surface area (Å²) in [6.45, 7) is 52.6. The van der Waals surface area contributed by atoms with Crippen LogP contribution in [-0.4, -0.2) is 75.5 Å². The van der Waals surface area contributed by atoms with Crippen LogP contribution in [0.1, 0.15) is 286 Å². The second-order valence-corrected chi connectivity index (χ2v) is 40.6. The molecule has 15 aromatic rings. The summed E-state index contributed by atoms with van der Waals surface area (Å²) in [6.07, 6.45) is 0. The molecular weight excluding hydrogens is 1800 g/mol. The van der Waals surface area contributed by atoms with Gasteiger partial charge in [-0.15, -0.1) is 0 Å². The van der Waals surface area contributed by atoms with Crippen LogP contribution in [0.3, 0.4) is 0 Å². The van der Waals surface area contributed by atoms with Crippen molar-refractivity contribution in [1.82, 2.24) is 0 Å². The van der Waals surface area contributed by atoms with Crippen molar-refractivity contribution in [2.75, 3.05) is 14.2 Å². The second-order valence-electron chi connectivity index (χ2n) is 39.7. The van der Waals surface area contributed by atoms with Crippen LogP contribution in [0, 0.1) is 187 Å². The number of ether oxygens (including phenoxy) is 2. The second kappa shape index (κ2) is 41.5. The molecule has 141 heavy (non-hydrogen) atoms. The van der Waals surface area contributed by atoms with Gasteiger partial charge in [0.1, 0.15) is 80.5 Å². The van der Waals surface area contributed by atoms with Crippen molar-refractivity contribution in [2.24, 2.45) is 0 Å². The van der Waals surface area contributed by atoms with Gasteiger partial charge < -0.3 is 70.8 Å². The van der Waals surface area contributed by atoms with Gasteiger partial charge in [0.25, 0.3) is 0 Å². The summed E-state index contributed by atoms with van der Waals surface area (Å²) in [4.78, 5) is 0. The van der Waals surface area contributed by atoms with E-state index in [1.54, 1.807) is 20.3 Å². The highest BCUT2D eigenvalue weighted by Crippen LogP contribution is 2.54. The first-order chi connectivity index (χ1) is 66.3. The molecule has 16 heteroatoms. The zero-order valence-corrected chi connectivity index (χ0v) is 88.2. The van der Waals surface area contributed by atoms with E-state index in [1.807, 2.05) is 287 Å². The fourth-order valence-electron chi connectivity index (χ4n) is 21.5. The normalized spacial score (nSPS) is 11.7. The van der Waals surface area contributed by atoms with Gasteiger partial charge in [-0.2, -0.15) is 0 Å². The van der Waals surface area contributed by atoms with Gasteiger partial charge in [0.15, 0.2) is 0 Å². The maximum atomic E-state index is 10.7. The van der Waals surface area contributed by atoms with Gasteiger partial charge in [-0.05, 0) is 457 Å². The molecule has 0 aliphatic heterocycles. The summed E-state index contributed by atoms with van der Waals surface area (Å²) < 4.78 is 12.4. The third-order valence-electron chi connectivity index (χ3n) is 29.1. The van der Waals surface area contributed by atoms with E-state index in [-0.39, 0.29) is 87.3 Å². The predicted octanol–water partition coefficient (Wildman–Crippen LogP) is 30.3. The number of hydrogen-bond donors (Lipinski definition) is 12. The van der Waals surface area contributed by atoms with Gasteiger partial charge >= 0.3 is 0 Å². The number of aryl methyl sites for hydroxylation is 23. The summed E-state index contributed by atoms with van der Waals surface area (Å²) in [5.41, 5.74) is 40.4. The van der Waals surface area contributed by atoms with Crippen LogP contribution < -0.4 is 9.47 Å². The fourth-order valence-corrected chi connectivity index (χ4v) is 22.0. The van der Waals surface area contributed by atoms with Crippen LogP contribution in [0.5, 0.6) is 80.5 Å². The Morgan fingerprint density at radius 1 is 0.170 bits per heavy atom. The van der Waals surface area contributed by atoms with Crippen molar-refractivity contribution in [3.63, 3.8) is 0 Å². The molecule has 0 bridgehead atoms. The topological polar surface area (TPSA) is 261 Å². The minimum absolute atomic E-state index is 0.131. The van der Waals surface area contributed by atoms with Gasteiger partial charge in [0, 0.05) is 56.7 Å².